The second-order valence-electron chi connectivity index (χ2n) is 3.98. The molecule has 0 saturated heterocycles. The van der Waals surface area contributed by atoms with Crippen LogP contribution in [0.15, 0.2) is 0 Å². The molecule has 1 aliphatic carbocycles. The van der Waals surface area contributed by atoms with Crippen LogP contribution in [0.3, 0.4) is 0 Å². The van der Waals surface area contributed by atoms with Crippen molar-refractivity contribution in [3.63, 3.8) is 0 Å². The molecule has 2 N–H and O–H groups in total. The lowest BCUT2D eigenvalue weighted by Crippen LogP contribution is -2.55. The number of methoxy groups -OCH3 is 1. The molecule has 1 unspecified atom stereocenters. The van der Waals surface area contributed by atoms with Crippen LogP contribution in [0.5, 0.6) is 0 Å². The molecule has 1 aliphatic rings. The number of hydrogen-bond donors (Lipinski definition) is 2. The van der Waals surface area contributed by atoms with Crippen molar-refractivity contribution in [3.05, 3.63) is 0 Å². The van der Waals surface area contributed by atoms with Crippen molar-refractivity contribution in [2.24, 2.45) is 0 Å². The average molecular weight is 215 g/mol. The van der Waals surface area contributed by atoms with Crippen molar-refractivity contribution >= 4 is 11.9 Å². The number of nitrogens with one attached hydrogen (secondary N) is 1. The fourth-order valence-corrected chi connectivity index (χ4v) is 2.05. The van der Waals surface area contributed by atoms with Gasteiger partial charge >= 0.3 is 11.9 Å². The second-order valence-corrected chi connectivity index (χ2v) is 3.98. The minimum Gasteiger partial charge on any atom is -0.480 e. The number of esters is 1. The average Bonchev–Trinajstić information content (AvgIpc) is 2.66. The molecule has 15 heavy (non-hydrogen) atoms. The van der Waals surface area contributed by atoms with Crippen LogP contribution in [0.2, 0.25) is 0 Å². The molecular formula is C10H17NO4. The number of ether oxygens (including phenoxy) is 1. The van der Waals surface area contributed by atoms with E-state index in [-0.39, 0.29) is 0 Å². The van der Waals surface area contributed by atoms with Gasteiger partial charge in [-0.1, -0.05) is 12.8 Å². The molecule has 0 heterocycles. The first-order valence-electron chi connectivity index (χ1n) is 5.11. The topological polar surface area (TPSA) is 75.6 Å². The summed E-state index contributed by atoms with van der Waals surface area (Å²) in [6, 6.07) is -0.579. The summed E-state index contributed by atoms with van der Waals surface area (Å²) in [7, 11) is 1.29. The smallest absolute Gasteiger partial charge is 0.323 e. The number of carbonyl (C=O) groups excluding carboxylic acids is 1. The van der Waals surface area contributed by atoms with Crippen molar-refractivity contribution in [2.45, 2.75) is 44.2 Å². The highest BCUT2D eigenvalue weighted by Crippen LogP contribution is 2.30. The molecule has 5 heteroatoms. The van der Waals surface area contributed by atoms with E-state index in [0.717, 1.165) is 12.8 Å². The summed E-state index contributed by atoms with van der Waals surface area (Å²) >= 11 is 0. The summed E-state index contributed by atoms with van der Waals surface area (Å²) in [4.78, 5) is 22.3. The number of hydrogen-bond acceptors (Lipinski definition) is 4. The Balaban J connectivity index is 2.67. The number of carbonyl (C=O) groups is 2. The van der Waals surface area contributed by atoms with E-state index in [2.05, 4.69) is 10.1 Å². The molecule has 86 valence electrons. The van der Waals surface area contributed by atoms with E-state index in [1.54, 1.807) is 6.92 Å². The van der Waals surface area contributed by atoms with E-state index >= 15 is 0 Å². The van der Waals surface area contributed by atoms with Crippen molar-refractivity contribution in [3.8, 4) is 0 Å². The normalized spacial score (nSPS) is 20.9. The maximum Gasteiger partial charge on any atom is 0.323 e. The van der Waals surface area contributed by atoms with E-state index in [4.69, 9.17) is 5.11 Å². The van der Waals surface area contributed by atoms with Gasteiger partial charge in [0.2, 0.25) is 0 Å². The standard InChI is InChI=1S/C10H17NO4/c1-7(8(12)15-2)11-10(9(13)14)5-3-4-6-10/h7,11H,3-6H2,1-2H3,(H,13,14). The van der Waals surface area contributed by atoms with Gasteiger partial charge in [-0.25, -0.2) is 0 Å². The summed E-state index contributed by atoms with van der Waals surface area (Å²) in [5.74, 6) is -1.31. The fraction of sp³-hybridized carbons (Fsp3) is 0.800. The third-order valence-electron chi connectivity index (χ3n) is 2.91. The third kappa shape index (κ3) is 2.47. The molecule has 0 aromatic rings. The maximum atomic E-state index is 11.2. The van der Waals surface area contributed by atoms with Crippen molar-refractivity contribution < 1.29 is 19.4 Å². The Bertz CT molecular complexity index is 258. The van der Waals surface area contributed by atoms with Gasteiger partial charge < -0.3 is 9.84 Å². The van der Waals surface area contributed by atoms with Gasteiger partial charge in [0.05, 0.1) is 7.11 Å². The van der Waals surface area contributed by atoms with Crippen LogP contribution in [-0.2, 0) is 14.3 Å². The lowest BCUT2D eigenvalue weighted by Gasteiger charge is -2.28. The molecule has 5 nitrogen and oxygen atoms in total. The van der Waals surface area contributed by atoms with Gasteiger partial charge in [-0.2, -0.15) is 0 Å². The van der Waals surface area contributed by atoms with Crippen LogP contribution in [0, 0.1) is 0 Å². The minimum absolute atomic E-state index is 0.428. The van der Waals surface area contributed by atoms with Crippen molar-refractivity contribution in [1.82, 2.24) is 5.32 Å². The van der Waals surface area contributed by atoms with Gasteiger partial charge in [-0.3, -0.25) is 14.9 Å². The zero-order chi connectivity index (χ0) is 11.5. The molecule has 1 saturated carbocycles. The number of carboxylic acids is 1. The minimum atomic E-state index is -0.937. The molecule has 1 rings (SSSR count). The Labute approximate surface area is 88.8 Å². The summed E-state index contributed by atoms with van der Waals surface area (Å²) in [5.41, 5.74) is -0.937. The fourth-order valence-electron chi connectivity index (χ4n) is 2.05. The quantitative estimate of drug-likeness (QED) is 0.669. The third-order valence-corrected chi connectivity index (χ3v) is 2.91. The van der Waals surface area contributed by atoms with E-state index in [0.29, 0.717) is 12.8 Å². The van der Waals surface area contributed by atoms with Crippen molar-refractivity contribution in [2.75, 3.05) is 7.11 Å². The first-order chi connectivity index (χ1) is 7.02. The van der Waals surface area contributed by atoms with Crippen LogP contribution in [0.1, 0.15) is 32.6 Å². The van der Waals surface area contributed by atoms with E-state index in [9.17, 15) is 9.59 Å². The number of rotatable bonds is 4. The van der Waals surface area contributed by atoms with Gasteiger partial charge in [0.1, 0.15) is 11.6 Å². The zero-order valence-electron chi connectivity index (χ0n) is 9.08. The van der Waals surface area contributed by atoms with Crippen molar-refractivity contribution in [1.29, 1.82) is 0 Å². The van der Waals surface area contributed by atoms with Gasteiger partial charge in [-0.05, 0) is 19.8 Å². The maximum absolute atomic E-state index is 11.2. The number of aliphatic carboxylic acids is 1. The Hall–Kier alpha value is -1.10. The second kappa shape index (κ2) is 4.61. The Morgan fingerprint density at radius 2 is 1.93 bits per heavy atom. The highest BCUT2D eigenvalue weighted by atomic mass is 16.5. The molecule has 0 spiro atoms. The highest BCUT2D eigenvalue weighted by molar-refractivity contribution is 5.81. The monoisotopic (exact) mass is 215 g/mol. The summed E-state index contributed by atoms with van der Waals surface area (Å²) in [6.07, 6.45) is 2.91. The van der Waals surface area contributed by atoms with Crippen LogP contribution in [0.25, 0.3) is 0 Å². The molecule has 0 radical (unpaired) electrons. The molecule has 0 aromatic carbocycles. The van der Waals surface area contributed by atoms with Crippen LogP contribution in [-0.4, -0.2) is 35.7 Å². The predicted molar refractivity (Wildman–Crippen MR) is 53.4 cm³/mol. The van der Waals surface area contributed by atoms with Gasteiger partial charge in [0.25, 0.3) is 0 Å². The predicted octanol–water partition coefficient (Wildman–Crippen LogP) is 0.535. The van der Waals surface area contributed by atoms with E-state index < -0.39 is 23.5 Å². The molecule has 0 aliphatic heterocycles. The van der Waals surface area contributed by atoms with E-state index in [1.807, 2.05) is 0 Å². The first-order valence-corrected chi connectivity index (χ1v) is 5.11. The summed E-state index contributed by atoms with van der Waals surface area (Å²) in [6.45, 7) is 1.62. The zero-order valence-corrected chi connectivity index (χ0v) is 9.08. The molecular weight excluding hydrogens is 198 g/mol. The van der Waals surface area contributed by atoms with Gasteiger partial charge in [-0.15, -0.1) is 0 Å². The lowest BCUT2D eigenvalue weighted by atomic mass is 9.96. The largest absolute Gasteiger partial charge is 0.480 e. The molecule has 1 fully saturated rings. The van der Waals surface area contributed by atoms with Gasteiger partial charge in [0, 0.05) is 0 Å². The van der Waals surface area contributed by atoms with Crippen LogP contribution in [0.4, 0.5) is 0 Å². The van der Waals surface area contributed by atoms with E-state index in [1.165, 1.54) is 7.11 Å². The summed E-state index contributed by atoms with van der Waals surface area (Å²) in [5, 5.41) is 12.0. The van der Waals surface area contributed by atoms with Crippen LogP contribution >= 0.6 is 0 Å². The first kappa shape index (κ1) is 12.0. The Morgan fingerprint density at radius 1 is 1.40 bits per heavy atom. The Morgan fingerprint density at radius 3 is 2.33 bits per heavy atom. The summed E-state index contributed by atoms with van der Waals surface area (Å²) < 4.78 is 4.55. The molecule has 0 amide bonds. The Kier molecular flexibility index (Phi) is 3.68. The lowest BCUT2D eigenvalue weighted by molar-refractivity contribution is -0.148. The molecule has 0 bridgehead atoms. The molecule has 0 aromatic heterocycles. The molecule has 1 atom stereocenters. The highest BCUT2D eigenvalue weighted by Gasteiger charge is 2.43. The number of carboxylic acid groups (broad SMARTS) is 1. The van der Waals surface area contributed by atoms with Gasteiger partial charge in [0.15, 0.2) is 0 Å². The SMILES string of the molecule is COC(=O)C(C)NC1(C(=O)O)CCCC1. The van der Waals surface area contributed by atoms with Crippen LogP contribution < -0.4 is 5.32 Å².